The molecule has 1 N–H and O–H groups in total. The summed E-state index contributed by atoms with van der Waals surface area (Å²) < 4.78 is 0.889. The highest BCUT2D eigenvalue weighted by atomic mass is 32.2. The fourth-order valence-corrected chi connectivity index (χ4v) is 4.47. The van der Waals surface area contributed by atoms with E-state index in [0.717, 1.165) is 21.2 Å². The molecule has 1 unspecified atom stereocenters. The van der Waals surface area contributed by atoms with E-state index in [1.165, 1.54) is 24.2 Å². The molecule has 0 aliphatic carbocycles. The first-order valence-electron chi connectivity index (χ1n) is 8.98. The average molecular weight is 411 g/mol. The molecule has 3 aromatic rings. The van der Waals surface area contributed by atoms with Gasteiger partial charge >= 0.3 is 0 Å². The van der Waals surface area contributed by atoms with Gasteiger partial charge in [-0.05, 0) is 19.4 Å². The van der Waals surface area contributed by atoms with Crippen molar-refractivity contribution >= 4 is 34.8 Å². The summed E-state index contributed by atoms with van der Waals surface area (Å²) in [5.41, 5.74) is 4.89. The molecule has 0 aliphatic rings. The molecule has 28 heavy (non-hydrogen) atoms. The quantitative estimate of drug-likeness (QED) is 0.425. The van der Waals surface area contributed by atoms with Crippen molar-refractivity contribution in [1.82, 2.24) is 10.3 Å². The second-order valence-corrected chi connectivity index (χ2v) is 8.70. The maximum absolute atomic E-state index is 12.5. The Bertz CT molecular complexity index is 963. The van der Waals surface area contributed by atoms with Crippen molar-refractivity contribution in [1.29, 1.82) is 0 Å². The number of hydrogen-bond donors (Lipinski definition) is 1. The molecule has 0 spiro atoms. The number of carbonyl (C=O) groups is 2. The molecule has 0 bridgehead atoms. The summed E-state index contributed by atoms with van der Waals surface area (Å²) >= 11 is 3.02. The van der Waals surface area contributed by atoms with E-state index in [2.05, 4.69) is 41.5 Å². The molecule has 0 radical (unpaired) electrons. The molecule has 6 heteroatoms. The van der Waals surface area contributed by atoms with Crippen LogP contribution in [0, 0.1) is 6.92 Å². The highest BCUT2D eigenvalue weighted by Gasteiger charge is 2.12. The van der Waals surface area contributed by atoms with E-state index in [1.807, 2.05) is 36.6 Å². The van der Waals surface area contributed by atoms with E-state index >= 15 is 0 Å². The van der Waals surface area contributed by atoms with Gasteiger partial charge in [-0.2, -0.15) is 0 Å². The predicted octanol–water partition coefficient (Wildman–Crippen LogP) is 5.29. The van der Waals surface area contributed by atoms with Crippen LogP contribution in [0.15, 0.2) is 58.3 Å². The van der Waals surface area contributed by atoms with Crippen molar-refractivity contribution in [3.05, 3.63) is 70.6 Å². The fraction of sp³-hybridized carbons (Fsp3) is 0.227. The number of rotatable bonds is 7. The number of Topliss-reactive ketones (excluding diaryl/α,β-unsaturated/α-hetero) is 1. The van der Waals surface area contributed by atoms with E-state index in [0.29, 0.717) is 11.3 Å². The normalized spacial score (nSPS) is 11.8. The van der Waals surface area contributed by atoms with Crippen LogP contribution >= 0.6 is 23.1 Å². The molecule has 0 aliphatic heterocycles. The zero-order valence-corrected chi connectivity index (χ0v) is 17.7. The van der Waals surface area contributed by atoms with Crippen LogP contribution in [-0.4, -0.2) is 22.4 Å². The van der Waals surface area contributed by atoms with Gasteiger partial charge in [0.2, 0.25) is 5.91 Å². The van der Waals surface area contributed by atoms with Crippen LogP contribution in [0.25, 0.3) is 11.3 Å². The van der Waals surface area contributed by atoms with Gasteiger partial charge < -0.3 is 5.32 Å². The van der Waals surface area contributed by atoms with Crippen LogP contribution in [0.3, 0.4) is 0 Å². The van der Waals surface area contributed by atoms with Crippen LogP contribution in [0.1, 0.15) is 41.4 Å². The third-order valence-corrected chi connectivity index (χ3v) is 6.33. The Kier molecular flexibility index (Phi) is 6.65. The number of ketones is 1. The molecular weight excluding hydrogens is 388 g/mol. The standard InChI is InChI=1S/C22H22N2O2S2/c1-14-4-6-18(7-5-14)20-12-27-22(24-20)28-13-21(26)19-10-8-17(9-11-19)15(2)23-16(3)25/h4-12,15H,13H2,1-3H3,(H,23,25). The lowest BCUT2D eigenvalue weighted by Crippen LogP contribution is -2.23. The molecule has 3 rings (SSSR count). The third kappa shape index (κ3) is 5.30. The Labute approximate surface area is 173 Å². The lowest BCUT2D eigenvalue weighted by atomic mass is 10.0. The monoisotopic (exact) mass is 410 g/mol. The first kappa shape index (κ1) is 20.3. The molecule has 1 amide bonds. The van der Waals surface area contributed by atoms with Crippen molar-refractivity contribution in [2.24, 2.45) is 0 Å². The maximum Gasteiger partial charge on any atom is 0.217 e. The largest absolute Gasteiger partial charge is 0.350 e. The zero-order chi connectivity index (χ0) is 20.1. The smallest absolute Gasteiger partial charge is 0.217 e. The van der Waals surface area contributed by atoms with E-state index in [1.54, 1.807) is 11.3 Å². The number of nitrogens with one attached hydrogen (secondary N) is 1. The summed E-state index contributed by atoms with van der Waals surface area (Å²) in [4.78, 5) is 28.3. The summed E-state index contributed by atoms with van der Waals surface area (Å²) in [6.45, 7) is 5.47. The highest BCUT2D eigenvalue weighted by molar-refractivity contribution is 8.01. The van der Waals surface area contributed by atoms with Crippen molar-refractivity contribution < 1.29 is 9.59 Å². The number of carbonyl (C=O) groups excluding carboxylic acids is 2. The molecule has 1 aromatic heterocycles. The van der Waals surface area contributed by atoms with Gasteiger partial charge in [-0.25, -0.2) is 4.98 Å². The lowest BCUT2D eigenvalue weighted by molar-refractivity contribution is -0.119. The Morgan fingerprint density at radius 3 is 2.43 bits per heavy atom. The number of thioether (sulfide) groups is 1. The summed E-state index contributed by atoms with van der Waals surface area (Å²) in [5.74, 6) is 0.342. The van der Waals surface area contributed by atoms with Gasteiger partial charge in [0, 0.05) is 23.4 Å². The van der Waals surface area contributed by atoms with E-state index in [4.69, 9.17) is 0 Å². The number of amides is 1. The van der Waals surface area contributed by atoms with Crippen molar-refractivity contribution in [2.75, 3.05) is 5.75 Å². The van der Waals surface area contributed by atoms with Crippen LogP contribution in [0.2, 0.25) is 0 Å². The first-order chi connectivity index (χ1) is 13.4. The fourth-order valence-electron chi connectivity index (χ4n) is 2.74. The summed E-state index contributed by atoms with van der Waals surface area (Å²) in [5, 5.41) is 4.86. The van der Waals surface area contributed by atoms with E-state index in [-0.39, 0.29) is 17.7 Å². The summed E-state index contributed by atoms with van der Waals surface area (Å²) in [6.07, 6.45) is 0. The molecule has 1 heterocycles. The van der Waals surface area contributed by atoms with Gasteiger partial charge in [0.05, 0.1) is 17.5 Å². The minimum Gasteiger partial charge on any atom is -0.350 e. The Balaban J connectivity index is 1.58. The number of thiazole rings is 1. The second kappa shape index (κ2) is 9.17. The summed E-state index contributed by atoms with van der Waals surface area (Å²) in [7, 11) is 0. The number of nitrogens with zero attached hydrogens (tertiary/aromatic N) is 1. The second-order valence-electron chi connectivity index (χ2n) is 6.62. The molecule has 2 aromatic carbocycles. The SMILES string of the molecule is CC(=O)NC(C)c1ccc(C(=O)CSc2nc(-c3ccc(C)cc3)cs2)cc1. The number of aromatic nitrogens is 1. The van der Waals surface area contributed by atoms with Gasteiger partial charge in [-0.15, -0.1) is 11.3 Å². The van der Waals surface area contributed by atoms with Gasteiger partial charge in [-0.3, -0.25) is 9.59 Å². The van der Waals surface area contributed by atoms with E-state index < -0.39 is 0 Å². The van der Waals surface area contributed by atoms with Gasteiger partial charge in [0.25, 0.3) is 0 Å². The van der Waals surface area contributed by atoms with Crippen molar-refractivity contribution in [2.45, 2.75) is 31.2 Å². The van der Waals surface area contributed by atoms with Crippen LogP contribution in [0.5, 0.6) is 0 Å². The van der Waals surface area contributed by atoms with Gasteiger partial charge in [-0.1, -0.05) is 65.9 Å². The summed E-state index contributed by atoms with van der Waals surface area (Å²) in [6, 6.07) is 15.6. The van der Waals surface area contributed by atoms with Crippen LogP contribution in [0.4, 0.5) is 0 Å². The van der Waals surface area contributed by atoms with Crippen LogP contribution < -0.4 is 5.32 Å². The highest BCUT2D eigenvalue weighted by Crippen LogP contribution is 2.29. The molecule has 0 saturated carbocycles. The minimum absolute atomic E-state index is 0.0656. The molecule has 4 nitrogen and oxygen atoms in total. The van der Waals surface area contributed by atoms with Gasteiger partial charge in [0.15, 0.2) is 10.1 Å². The maximum atomic E-state index is 12.5. The number of benzene rings is 2. The van der Waals surface area contributed by atoms with Gasteiger partial charge in [0.1, 0.15) is 0 Å². The predicted molar refractivity (Wildman–Crippen MR) is 116 cm³/mol. The topological polar surface area (TPSA) is 59.1 Å². The van der Waals surface area contributed by atoms with Crippen molar-refractivity contribution in [3.63, 3.8) is 0 Å². The minimum atomic E-state index is -0.0773. The Morgan fingerprint density at radius 2 is 1.79 bits per heavy atom. The molecule has 0 fully saturated rings. The average Bonchev–Trinajstić information content (AvgIpc) is 3.15. The molecule has 0 saturated heterocycles. The number of aryl methyl sites for hydroxylation is 1. The van der Waals surface area contributed by atoms with Crippen molar-refractivity contribution in [3.8, 4) is 11.3 Å². The Hall–Kier alpha value is -2.44. The zero-order valence-electron chi connectivity index (χ0n) is 16.1. The molecule has 1 atom stereocenters. The third-order valence-electron chi connectivity index (χ3n) is 4.31. The Morgan fingerprint density at radius 1 is 1.11 bits per heavy atom. The lowest BCUT2D eigenvalue weighted by Gasteiger charge is -2.13. The first-order valence-corrected chi connectivity index (χ1v) is 10.8. The van der Waals surface area contributed by atoms with Crippen LogP contribution in [-0.2, 0) is 4.79 Å². The number of hydrogen-bond acceptors (Lipinski definition) is 5. The van der Waals surface area contributed by atoms with E-state index in [9.17, 15) is 9.59 Å². The molecular formula is C22H22N2O2S2. The molecule has 144 valence electrons.